The minimum Gasteiger partial charge on any atom is -0.344 e. The lowest BCUT2D eigenvalue weighted by Gasteiger charge is -2.04. The van der Waals surface area contributed by atoms with Gasteiger partial charge in [-0.05, 0) is 32.1 Å². The van der Waals surface area contributed by atoms with E-state index >= 15 is 0 Å². The predicted molar refractivity (Wildman–Crippen MR) is 85.6 cm³/mol. The first-order chi connectivity index (χ1) is 9.63. The van der Waals surface area contributed by atoms with Crippen LogP contribution in [-0.4, -0.2) is 15.0 Å². The summed E-state index contributed by atoms with van der Waals surface area (Å²) < 4.78 is 0. The first kappa shape index (κ1) is 14.2. The molecule has 0 saturated carbocycles. The molecule has 3 nitrogen and oxygen atoms in total. The zero-order chi connectivity index (χ0) is 14.5. The number of hydrogen-bond donors (Lipinski definition) is 1. The van der Waals surface area contributed by atoms with Gasteiger partial charge < -0.3 is 4.98 Å². The van der Waals surface area contributed by atoms with Crippen molar-refractivity contribution in [3.8, 4) is 12.3 Å². The van der Waals surface area contributed by atoms with E-state index in [1.165, 1.54) is 11.8 Å². The number of aromatic amines is 1. The van der Waals surface area contributed by atoms with E-state index in [1.54, 1.807) is 6.08 Å². The van der Waals surface area contributed by atoms with Crippen LogP contribution in [0.1, 0.15) is 17.1 Å². The number of benzene rings is 1. The average molecular weight is 281 g/mol. The molecule has 4 heteroatoms. The Morgan fingerprint density at radius 3 is 2.80 bits per heavy atom. The fourth-order valence-electron chi connectivity index (χ4n) is 1.71. The molecule has 0 spiro atoms. The van der Waals surface area contributed by atoms with Crippen molar-refractivity contribution in [3.05, 3.63) is 54.0 Å². The zero-order valence-electron chi connectivity index (χ0n) is 11.5. The van der Waals surface area contributed by atoms with Gasteiger partial charge in [0.05, 0.1) is 5.69 Å². The maximum atomic E-state index is 5.50. The summed E-state index contributed by atoms with van der Waals surface area (Å²) in [6.07, 6.45) is 7.21. The van der Waals surface area contributed by atoms with Crippen molar-refractivity contribution in [2.75, 3.05) is 0 Å². The molecule has 2 aromatic rings. The minimum atomic E-state index is 0.683. The number of imidazole rings is 1. The van der Waals surface area contributed by atoms with Crippen LogP contribution in [0.4, 0.5) is 5.82 Å². The minimum absolute atomic E-state index is 0.683. The Labute approximate surface area is 123 Å². The third-order valence-corrected chi connectivity index (χ3v) is 3.67. The maximum absolute atomic E-state index is 5.50. The molecule has 0 aliphatic heterocycles. The number of terminal acetylenes is 1. The van der Waals surface area contributed by atoms with Gasteiger partial charge in [-0.2, -0.15) is 0 Å². The largest absolute Gasteiger partial charge is 0.344 e. The van der Waals surface area contributed by atoms with Crippen molar-refractivity contribution in [2.24, 2.45) is 4.99 Å². The van der Waals surface area contributed by atoms with E-state index in [9.17, 15) is 0 Å². The Kier molecular flexibility index (Phi) is 4.44. The molecule has 0 radical (unpaired) electrons. The van der Waals surface area contributed by atoms with Crippen molar-refractivity contribution in [2.45, 2.75) is 18.7 Å². The van der Waals surface area contributed by atoms with Crippen LogP contribution >= 0.6 is 11.8 Å². The monoisotopic (exact) mass is 281 g/mol. The van der Waals surface area contributed by atoms with Crippen LogP contribution in [0.3, 0.4) is 0 Å². The molecular weight excluding hydrogens is 266 g/mol. The van der Waals surface area contributed by atoms with Crippen molar-refractivity contribution in [1.82, 2.24) is 9.97 Å². The summed E-state index contributed by atoms with van der Waals surface area (Å²) in [7, 11) is 0. The van der Waals surface area contributed by atoms with E-state index in [2.05, 4.69) is 27.5 Å². The molecule has 20 heavy (non-hydrogen) atoms. The summed E-state index contributed by atoms with van der Waals surface area (Å²) >= 11 is 1.49. The summed E-state index contributed by atoms with van der Waals surface area (Å²) in [5.41, 5.74) is 1.79. The number of hydrogen-bond acceptors (Lipinski definition) is 3. The van der Waals surface area contributed by atoms with Crippen molar-refractivity contribution >= 4 is 22.6 Å². The highest BCUT2D eigenvalue weighted by molar-refractivity contribution is 8.14. The molecule has 100 valence electrons. The number of aliphatic imine (C=N–C) groups is 1. The quantitative estimate of drug-likeness (QED) is 0.399. The summed E-state index contributed by atoms with van der Waals surface area (Å²) in [5.74, 6) is 4.20. The number of H-pyrrole nitrogens is 1. The van der Waals surface area contributed by atoms with Crippen LogP contribution in [0.2, 0.25) is 0 Å². The number of nitrogens with zero attached hydrogens (tertiary/aromatic N) is 2. The molecule has 0 atom stereocenters. The lowest BCUT2D eigenvalue weighted by atomic mass is 10.2. The molecule has 1 aromatic carbocycles. The second-order valence-corrected chi connectivity index (χ2v) is 5.23. The third-order valence-electron chi connectivity index (χ3n) is 2.63. The third kappa shape index (κ3) is 3.19. The highest BCUT2D eigenvalue weighted by Crippen LogP contribution is 2.26. The smallest absolute Gasteiger partial charge is 0.174 e. The standard InChI is InChI=1S/C16H15N3S/c1-5-13-9-7-8-10-14(13)20-15(6-2)19-16-11(3)17-12(4)18-16/h1,6-10H,2H2,3-4H3,(H,17,18)/b19-15+. The van der Waals surface area contributed by atoms with Gasteiger partial charge in [0, 0.05) is 10.5 Å². The molecule has 0 aliphatic rings. The van der Waals surface area contributed by atoms with Crippen LogP contribution in [0, 0.1) is 26.2 Å². The molecule has 0 unspecified atom stereocenters. The molecule has 0 fully saturated rings. The Balaban J connectivity index is 2.32. The van der Waals surface area contributed by atoms with Crippen molar-refractivity contribution in [1.29, 1.82) is 0 Å². The Morgan fingerprint density at radius 2 is 2.20 bits per heavy atom. The highest BCUT2D eigenvalue weighted by atomic mass is 32.2. The number of rotatable bonds is 3. The molecule has 1 heterocycles. The van der Waals surface area contributed by atoms with Crippen LogP contribution in [0.25, 0.3) is 0 Å². The number of nitrogens with one attached hydrogen (secondary N) is 1. The van der Waals surface area contributed by atoms with E-state index in [1.807, 2.05) is 38.1 Å². The Bertz CT molecular complexity index is 705. The van der Waals surface area contributed by atoms with Crippen LogP contribution in [0.15, 0.2) is 46.8 Å². The normalized spacial score (nSPS) is 11.2. The van der Waals surface area contributed by atoms with Crippen LogP contribution in [-0.2, 0) is 0 Å². The van der Waals surface area contributed by atoms with Gasteiger partial charge in [-0.1, -0.05) is 36.4 Å². The second kappa shape index (κ2) is 6.27. The van der Waals surface area contributed by atoms with E-state index in [4.69, 9.17) is 6.42 Å². The second-order valence-electron chi connectivity index (χ2n) is 4.17. The molecule has 0 aliphatic carbocycles. The Hall–Kier alpha value is -2.25. The molecule has 0 amide bonds. The van der Waals surface area contributed by atoms with Gasteiger partial charge in [-0.15, -0.1) is 6.42 Å². The first-order valence-electron chi connectivity index (χ1n) is 6.12. The van der Waals surface area contributed by atoms with E-state index < -0.39 is 0 Å². The topological polar surface area (TPSA) is 41.0 Å². The number of aromatic nitrogens is 2. The van der Waals surface area contributed by atoms with E-state index in [-0.39, 0.29) is 0 Å². The summed E-state index contributed by atoms with van der Waals surface area (Å²) in [4.78, 5) is 13.0. The summed E-state index contributed by atoms with van der Waals surface area (Å²) in [5, 5.41) is 0.766. The lowest BCUT2D eigenvalue weighted by Crippen LogP contribution is -1.89. The van der Waals surface area contributed by atoms with Gasteiger partial charge in [0.25, 0.3) is 0 Å². The summed E-state index contributed by atoms with van der Waals surface area (Å²) in [6, 6.07) is 7.76. The molecule has 0 bridgehead atoms. The van der Waals surface area contributed by atoms with Crippen LogP contribution in [0.5, 0.6) is 0 Å². The highest BCUT2D eigenvalue weighted by Gasteiger charge is 2.07. The van der Waals surface area contributed by atoms with Crippen molar-refractivity contribution in [3.63, 3.8) is 0 Å². The van der Waals surface area contributed by atoms with Gasteiger partial charge in [-0.3, -0.25) is 0 Å². The average Bonchev–Trinajstić information content (AvgIpc) is 2.76. The first-order valence-corrected chi connectivity index (χ1v) is 6.93. The summed E-state index contributed by atoms with van der Waals surface area (Å²) in [6.45, 7) is 7.65. The molecular formula is C16H15N3S. The maximum Gasteiger partial charge on any atom is 0.174 e. The Morgan fingerprint density at radius 1 is 1.45 bits per heavy atom. The fourth-order valence-corrected chi connectivity index (χ4v) is 2.53. The van der Waals surface area contributed by atoms with Gasteiger partial charge in [0.15, 0.2) is 5.82 Å². The van der Waals surface area contributed by atoms with Gasteiger partial charge in [0.1, 0.15) is 10.9 Å². The fraction of sp³-hybridized carbons (Fsp3) is 0.125. The van der Waals surface area contributed by atoms with Gasteiger partial charge in [-0.25, -0.2) is 9.98 Å². The SMILES string of the molecule is C#Cc1ccccc1S/C(C=C)=N/c1nc(C)[nH]c1C. The molecule has 2 rings (SSSR count). The van der Waals surface area contributed by atoms with Gasteiger partial charge >= 0.3 is 0 Å². The van der Waals surface area contributed by atoms with E-state index in [0.29, 0.717) is 5.82 Å². The number of thioether (sulfide) groups is 1. The van der Waals surface area contributed by atoms with Crippen LogP contribution < -0.4 is 0 Å². The number of aryl methyl sites for hydroxylation is 2. The molecule has 1 aromatic heterocycles. The van der Waals surface area contributed by atoms with Crippen molar-refractivity contribution < 1.29 is 0 Å². The van der Waals surface area contributed by atoms with E-state index in [0.717, 1.165) is 27.0 Å². The lowest BCUT2D eigenvalue weighted by molar-refractivity contribution is 1.13. The predicted octanol–water partition coefficient (Wildman–Crippen LogP) is 4.02. The zero-order valence-corrected chi connectivity index (χ0v) is 12.3. The molecule has 1 N–H and O–H groups in total. The van der Waals surface area contributed by atoms with Gasteiger partial charge in [0.2, 0.25) is 0 Å². The molecule has 0 saturated heterocycles.